The van der Waals surface area contributed by atoms with Crippen LogP contribution in [0.3, 0.4) is 0 Å². The third-order valence-electron chi connectivity index (χ3n) is 2.07. The number of hydrogen-bond acceptors (Lipinski definition) is 3. The highest BCUT2D eigenvalue weighted by Crippen LogP contribution is 2.28. The molecular weight excluding hydrogens is 132 g/mol. The Bertz CT molecular complexity index is 110. The Kier molecular flexibility index (Phi) is 1.64. The van der Waals surface area contributed by atoms with Crippen molar-refractivity contribution in [3.63, 3.8) is 0 Å². The maximum absolute atomic E-state index is 5.39. The molecule has 0 N–H and O–H groups in total. The summed E-state index contributed by atoms with van der Waals surface area (Å²) in [7, 11) is 0. The number of rotatable bonds is 0. The minimum absolute atomic E-state index is 0.0590. The van der Waals surface area contributed by atoms with E-state index in [1.165, 1.54) is 0 Å². The fourth-order valence-electron chi connectivity index (χ4n) is 1.29. The molecule has 0 aromatic carbocycles. The van der Waals surface area contributed by atoms with E-state index in [1.54, 1.807) is 0 Å². The minimum atomic E-state index is -0.0590. The van der Waals surface area contributed by atoms with Gasteiger partial charge in [-0.2, -0.15) is 0 Å². The lowest BCUT2D eigenvalue weighted by molar-refractivity contribution is -0.189. The van der Waals surface area contributed by atoms with Crippen molar-refractivity contribution >= 4 is 0 Å². The van der Waals surface area contributed by atoms with E-state index in [1.807, 2.05) is 0 Å². The van der Waals surface area contributed by atoms with Crippen LogP contribution in [0.4, 0.5) is 0 Å². The van der Waals surface area contributed by atoms with Crippen LogP contribution in [-0.2, 0) is 14.2 Å². The zero-order valence-electron chi connectivity index (χ0n) is 5.97. The van der Waals surface area contributed by atoms with Crippen molar-refractivity contribution in [2.45, 2.75) is 12.0 Å². The first kappa shape index (κ1) is 6.58. The molecule has 2 aliphatic rings. The molecule has 0 aromatic rings. The first-order chi connectivity index (χ1) is 4.91. The van der Waals surface area contributed by atoms with Gasteiger partial charge in [-0.15, -0.1) is 0 Å². The molecule has 10 heavy (non-hydrogen) atoms. The highest BCUT2D eigenvalue weighted by Gasteiger charge is 2.40. The molecule has 2 fully saturated rings. The monoisotopic (exact) mass is 144 g/mol. The lowest BCUT2D eigenvalue weighted by Crippen LogP contribution is -2.50. The third kappa shape index (κ3) is 1.05. The highest BCUT2D eigenvalue weighted by molar-refractivity contribution is 4.88. The van der Waals surface area contributed by atoms with E-state index in [-0.39, 0.29) is 5.60 Å². The molecule has 58 valence electrons. The summed E-state index contributed by atoms with van der Waals surface area (Å²) in [4.78, 5) is 0. The van der Waals surface area contributed by atoms with Gasteiger partial charge < -0.3 is 14.2 Å². The summed E-state index contributed by atoms with van der Waals surface area (Å²) in [6, 6.07) is 0. The Balaban J connectivity index is 1.92. The van der Waals surface area contributed by atoms with E-state index in [0.29, 0.717) is 26.4 Å². The summed E-state index contributed by atoms with van der Waals surface area (Å²) in [5, 5.41) is 0. The molecule has 0 aliphatic carbocycles. The van der Waals surface area contributed by atoms with Gasteiger partial charge in [0.05, 0.1) is 33.0 Å². The Morgan fingerprint density at radius 3 is 1.90 bits per heavy atom. The molecule has 3 heteroatoms. The lowest BCUT2D eigenvalue weighted by atomic mass is 9.97. The van der Waals surface area contributed by atoms with Crippen molar-refractivity contribution in [1.82, 2.24) is 0 Å². The Hall–Kier alpha value is -0.120. The predicted octanol–water partition coefficient (Wildman–Crippen LogP) is 0.192. The third-order valence-corrected chi connectivity index (χ3v) is 2.07. The number of ether oxygens (including phenoxy) is 3. The van der Waals surface area contributed by atoms with Crippen LogP contribution >= 0.6 is 0 Å². The topological polar surface area (TPSA) is 27.7 Å². The van der Waals surface area contributed by atoms with Crippen LogP contribution in [0.1, 0.15) is 6.42 Å². The van der Waals surface area contributed by atoms with Gasteiger partial charge in [-0.25, -0.2) is 0 Å². The van der Waals surface area contributed by atoms with Crippen LogP contribution in [-0.4, -0.2) is 38.6 Å². The summed E-state index contributed by atoms with van der Waals surface area (Å²) >= 11 is 0. The number of hydrogen-bond donors (Lipinski definition) is 0. The molecule has 2 saturated heterocycles. The standard InChI is InChI=1S/C7H12O3/c1-2-10-7(1)5-8-3-4-9-6-7/h1-6H2. The van der Waals surface area contributed by atoms with Gasteiger partial charge in [0.2, 0.25) is 0 Å². The van der Waals surface area contributed by atoms with Crippen molar-refractivity contribution in [3.8, 4) is 0 Å². The smallest absolute Gasteiger partial charge is 0.117 e. The zero-order chi connectivity index (χ0) is 6.86. The van der Waals surface area contributed by atoms with Crippen molar-refractivity contribution in [2.24, 2.45) is 0 Å². The molecule has 3 nitrogen and oxygen atoms in total. The van der Waals surface area contributed by atoms with Gasteiger partial charge in [0, 0.05) is 6.42 Å². The van der Waals surface area contributed by atoms with Gasteiger partial charge in [0.1, 0.15) is 5.60 Å². The normalized spacial score (nSPS) is 31.2. The van der Waals surface area contributed by atoms with Crippen LogP contribution in [0.15, 0.2) is 0 Å². The van der Waals surface area contributed by atoms with Gasteiger partial charge in [0.15, 0.2) is 0 Å². The summed E-state index contributed by atoms with van der Waals surface area (Å²) in [6.07, 6.45) is 1.09. The molecule has 0 radical (unpaired) electrons. The molecule has 2 heterocycles. The SMILES string of the molecule is C1COCC2(CCO2)CO1. The van der Waals surface area contributed by atoms with E-state index in [4.69, 9.17) is 14.2 Å². The molecule has 2 rings (SSSR count). The molecule has 0 saturated carbocycles. The van der Waals surface area contributed by atoms with E-state index in [9.17, 15) is 0 Å². The molecule has 0 bridgehead atoms. The van der Waals surface area contributed by atoms with Gasteiger partial charge in [-0.1, -0.05) is 0 Å². The molecule has 1 spiro atoms. The van der Waals surface area contributed by atoms with Crippen molar-refractivity contribution in [1.29, 1.82) is 0 Å². The first-order valence-corrected chi connectivity index (χ1v) is 3.71. The largest absolute Gasteiger partial charge is 0.376 e. The second-order valence-electron chi connectivity index (χ2n) is 2.89. The van der Waals surface area contributed by atoms with Gasteiger partial charge in [0.25, 0.3) is 0 Å². The Morgan fingerprint density at radius 2 is 1.50 bits per heavy atom. The molecule has 0 atom stereocenters. The van der Waals surface area contributed by atoms with E-state index in [2.05, 4.69) is 0 Å². The van der Waals surface area contributed by atoms with E-state index >= 15 is 0 Å². The fourth-order valence-corrected chi connectivity index (χ4v) is 1.29. The van der Waals surface area contributed by atoms with Crippen molar-refractivity contribution in [3.05, 3.63) is 0 Å². The minimum Gasteiger partial charge on any atom is -0.376 e. The lowest BCUT2D eigenvalue weighted by Gasteiger charge is -2.39. The average Bonchev–Trinajstić information content (AvgIpc) is 2.08. The zero-order valence-corrected chi connectivity index (χ0v) is 5.97. The van der Waals surface area contributed by atoms with E-state index in [0.717, 1.165) is 13.0 Å². The van der Waals surface area contributed by atoms with Crippen molar-refractivity contribution < 1.29 is 14.2 Å². The molecule has 0 aromatic heterocycles. The molecule has 2 aliphatic heterocycles. The van der Waals surface area contributed by atoms with Gasteiger partial charge in [-0.05, 0) is 0 Å². The fraction of sp³-hybridized carbons (Fsp3) is 1.00. The summed E-state index contributed by atoms with van der Waals surface area (Å²) in [5.41, 5.74) is -0.0590. The Morgan fingerprint density at radius 1 is 0.900 bits per heavy atom. The maximum Gasteiger partial charge on any atom is 0.117 e. The quantitative estimate of drug-likeness (QED) is 0.486. The van der Waals surface area contributed by atoms with Crippen LogP contribution in [0, 0.1) is 0 Å². The summed E-state index contributed by atoms with van der Waals surface area (Å²) < 4.78 is 16.0. The first-order valence-electron chi connectivity index (χ1n) is 3.71. The van der Waals surface area contributed by atoms with Crippen LogP contribution in [0.2, 0.25) is 0 Å². The average molecular weight is 144 g/mol. The van der Waals surface area contributed by atoms with Crippen LogP contribution in [0.25, 0.3) is 0 Å². The van der Waals surface area contributed by atoms with Crippen molar-refractivity contribution in [2.75, 3.05) is 33.0 Å². The highest BCUT2D eigenvalue weighted by atomic mass is 16.6. The summed E-state index contributed by atoms with van der Waals surface area (Å²) in [5.74, 6) is 0. The molecular formula is C7H12O3. The van der Waals surface area contributed by atoms with Gasteiger partial charge in [-0.3, -0.25) is 0 Å². The van der Waals surface area contributed by atoms with Gasteiger partial charge >= 0.3 is 0 Å². The second kappa shape index (κ2) is 2.49. The maximum atomic E-state index is 5.39. The summed E-state index contributed by atoms with van der Waals surface area (Å²) in [6.45, 7) is 3.73. The Labute approximate surface area is 60.3 Å². The van der Waals surface area contributed by atoms with E-state index < -0.39 is 0 Å². The van der Waals surface area contributed by atoms with Crippen LogP contribution in [0.5, 0.6) is 0 Å². The predicted molar refractivity (Wildman–Crippen MR) is 34.9 cm³/mol. The molecule has 0 unspecified atom stereocenters. The van der Waals surface area contributed by atoms with Crippen LogP contribution < -0.4 is 0 Å². The molecule has 0 amide bonds. The second-order valence-corrected chi connectivity index (χ2v) is 2.89.